The summed E-state index contributed by atoms with van der Waals surface area (Å²) in [5, 5.41) is 19.4. The van der Waals surface area contributed by atoms with Crippen LogP contribution in [-0.4, -0.2) is 68.3 Å². The highest BCUT2D eigenvalue weighted by Gasteiger charge is 2.52. The number of nitrogens with one attached hydrogen (secondary N) is 2. The molecule has 0 radical (unpaired) electrons. The van der Waals surface area contributed by atoms with Gasteiger partial charge in [0.1, 0.15) is 16.8 Å². The van der Waals surface area contributed by atoms with Gasteiger partial charge in [-0.15, -0.1) is 0 Å². The van der Waals surface area contributed by atoms with Crippen molar-refractivity contribution in [2.75, 3.05) is 24.7 Å². The number of carbonyl (C=O) groups is 2. The summed E-state index contributed by atoms with van der Waals surface area (Å²) >= 11 is 12.7. The Morgan fingerprint density at radius 1 is 1.16 bits per heavy atom. The molecule has 1 unspecified atom stereocenters. The Balaban J connectivity index is 1.13. The number of hydrogen-bond acceptors (Lipinski definition) is 8. The number of fused-ring (bicyclic) bond motifs is 2. The van der Waals surface area contributed by atoms with E-state index < -0.39 is 44.6 Å². The zero-order valence-corrected chi connectivity index (χ0v) is 25.7. The Morgan fingerprint density at radius 3 is 2.50 bits per heavy atom. The number of allylic oxidation sites excluding steroid dienone is 1. The van der Waals surface area contributed by atoms with Gasteiger partial charge in [0.2, 0.25) is 15.9 Å². The van der Waals surface area contributed by atoms with Crippen LogP contribution in [0.4, 0.5) is 10.1 Å². The molecule has 14 heteroatoms. The van der Waals surface area contributed by atoms with Crippen molar-refractivity contribution in [3.63, 3.8) is 0 Å². The van der Waals surface area contributed by atoms with E-state index in [4.69, 9.17) is 38.1 Å². The lowest BCUT2D eigenvalue weighted by Gasteiger charge is -2.32. The molecular formula is C30H30Cl2FN3O7S. The molecule has 6 rings (SSSR count). The second-order valence-electron chi connectivity index (χ2n) is 11.5. The first-order valence-corrected chi connectivity index (χ1v) is 16.6. The quantitative estimate of drug-likeness (QED) is 0.244. The molecule has 2 heterocycles. The van der Waals surface area contributed by atoms with Crippen molar-refractivity contribution in [1.29, 1.82) is 5.41 Å². The Hall–Kier alpha value is -3.03. The number of aliphatic hydroxyl groups excluding tert-OH is 1. The number of sulfonamides is 1. The van der Waals surface area contributed by atoms with E-state index in [2.05, 4.69) is 0 Å². The fourth-order valence-corrected chi connectivity index (χ4v) is 7.95. The predicted molar refractivity (Wildman–Crippen MR) is 161 cm³/mol. The third kappa shape index (κ3) is 5.85. The molecule has 2 aromatic carbocycles. The van der Waals surface area contributed by atoms with Crippen LogP contribution in [-0.2, 0) is 24.3 Å². The number of ether oxygens (including phenoxy) is 2. The first-order valence-electron chi connectivity index (χ1n) is 14.3. The second kappa shape index (κ2) is 12.1. The minimum atomic E-state index is -4.03. The van der Waals surface area contributed by atoms with E-state index in [1.54, 1.807) is 18.2 Å². The molecule has 4 atom stereocenters. The van der Waals surface area contributed by atoms with Gasteiger partial charge in [-0.1, -0.05) is 29.3 Å². The van der Waals surface area contributed by atoms with Gasteiger partial charge in [-0.2, -0.15) is 0 Å². The summed E-state index contributed by atoms with van der Waals surface area (Å²) < 4.78 is 53.1. The van der Waals surface area contributed by atoms with E-state index in [1.807, 2.05) is 4.72 Å². The molecule has 10 nitrogen and oxygen atoms in total. The monoisotopic (exact) mass is 665 g/mol. The maximum atomic E-state index is 15.1. The summed E-state index contributed by atoms with van der Waals surface area (Å²) in [7, 11) is -4.03. The van der Waals surface area contributed by atoms with Gasteiger partial charge in [0.25, 0.3) is 5.91 Å². The van der Waals surface area contributed by atoms with E-state index in [0.29, 0.717) is 18.4 Å². The van der Waals surface area contributed by atoms with E-state index >= 15 is 4.39 Å². The molecule has 2 aromatic rings. The molecule has 4 aliphatic rings. The molecule has 4 fully saturated rings. The maximum absolute atomic E-state index is 15.1. The molecule has 2 saturated heterocycles. The molecule has 0 spiro atoms. The van der Waals surface area contributed by atoms with Gasteiger partial charge in [0, 0.05) is 35.4 Å². The number of benzene rings is 2. The summed E-state index contributed by atoms with van der Waals surface area (Å²) in [5.41, 5.74) is 0.327. The normalized spacial score (nSPS) is 25.3. The van der Waals surface area contributed by atoms with Crippen LogP contribution in [0.15, 0.2) is 47.7 Å². The summed E-state index contributed by atoms with van der Waals surface area (Å²) in [6.45, 7) is 0.118. The second-order valence-corrected chi connectivity index (χ2v) is 14.3. The minimum Gasteiger partial charge on any atom is -0.512 e. The van der Waals surface area contributed by atoms with Gasteiger partial charge in [0.15, 0.2) is 0 Å². The van der Waals surface area contributed by atoms with Crippen LogP contribution in [0.2, 0.25) is 10.0 Å². The number of halogens is 3. The van der Waals surface area contributed by atoms with Crippen LogP contribution in [0.1, 0.15) is 48.0 Å². The summed E-state index contributed by atoms with van der Waals surface area (Å²) in [4.78, 5) is 27.5. The highest BCUT2D eigenvalue weighted by Crippen LogP contribution is 2.44. The molecule has 234 valence electrons. The smallest absolute Gasteiger partial charge is 0.267 e. The zero-order chi connectivity index (χ0) is 31.3. The number of amides is 2. The van der Waals surface area contributed by atoms with Gasteiger partial charge in [-0.3, -0.25) is 15.0 Å². The largest absolute Gasteiger partial charge is 0.512 e. The van der Waals surface area contributed by atoms with Crippen molar-refractivity contribution >= 4 is 56.4 Å². The highest BCUT2D eigenvalue weighted by atomic mass is 35.5. The lowest BCUT2D eigenvalue weighted by Crippen LogP contribution is -2.43. The van der Waals surface area contributed by atoms with Crippen molar-refractivity contribution in [2.45, 2.75) is 49.5 Å². The molecule has 44 heavy (non-hydrogen) atoms. The number of nitrogens with zero attached hydrogens (tertiary/aromatic N) is 1. The van der Waals surface area contributed by atoms with Crippen molar-refractivity contribution in [3.8, 4) is 0 Å². The first-order chi connectivity index (χ1) is 21.0. The van der Waals surface area contributed by atoms with Crippen LogP contribution < -0.4 is 9.62 Å². The summed E-state index contributed by atoms with van der Waals surface area (Å²) in [6, 6.07) is 8.24. The van der Waals surface area contributed by atoms with Gasteiger partial charge in [-0.25, -0.2) is 17.5 Å². The van der Waals surface area contributed by atoms with Crippen molar-refractivity contribution in [1.82, 2.24) is 4.72 Å². The molecule has 2 saturated carbocycles. The molecule has 3 N–H and O–H groups in total. The fourth-order valence-electron chi connectivity index (χ4n) is 6.14. The highest BCUT2D eigenvalue weighted by molar-refractivity contribution is 7.90. The topological polar surface area (TPSA) is 146 Å². The number of anilines is 1. The molecule has 2 bridgehead atoms. The van der Waals surface area contributed by atoms with Crippen molar-refractivity contribution < 1.29 is 37.0 Å². The Morgan fingerprint density at radius 2 is 1.89 bits per heavy atom. The number of piperidine rings is 1. The first kappa shape index (κ1) is 31.0. The fraction of sp³-hybridized carbons (Fsp3) is 0.433. The van der Waals surface area contributed by atoms with Crippen LogP contribution >= 0.6 is 23.2 Å². The average molecular weight is 667 g/mol. The molecule has 0 aromatic heterocycles. The predicted octanol–water partition coefficient (Wildman–Crippen LogP) is 4.78. The van der Waals surface area contributed by atoms with E-state index in [1.165, 1.54) is 11.0 Å². The zero-order valence-electron chi connectivity index (χ0n) is 23.4. The van der Waals surface area contributed by atoms with E-state index in [0.717, 1.165) is 25.0 Å². The lowest BCUT2D eigenvalue weighted by molar-refractivity contribution is -0.125. The third-order valence-corrected chi connectivity index (χ3v) is 11.0. The van der Waals surface area contributed by atoms with Gasteiger partial charge in [0.05, 0.1) is 46.6 Å². The van der Waals surface area contributed by atoms with Gasteiger partial charge in [-0.05, 0) is 62.4 Å². The summed E-state index contributed by atoms with van der Waals surface area (Å²) in [5.74, 6) is -2.84. The number of carbonyl (C=O) groups excluding carboxylic acids is 2. The Kier molecular flexibility index (Phi) is 8.48. The van der Waals surface area contributed by atoms with Gasteiger partial charge < -0.3 is 19.5 Å². The SMILES string of the molecule is N=C(/C(CO[C@@H]1C[C@@H]2C[C@H]1C(=O)N2c1ccc(C(=O)NS(=O)(=O)C2CCOC2)c(F)c1)=C(\O)C1CC1)c1c(Cl)cccc1Cl. The standard InChI is InChI=1S/C30H30Cl2FN3O7S/c31-22-2-1-3-23(32)26(22)27(34)21(28(37)15-4-5-15)14-43-25-12-17-10-20(25)30(39)36(17)16-6-7-19(24(33)11-16)29(38)35-44(40,41)18-8-9-42-13-18/h1-3,6-7,11,15,17-18,20,25,34,37H,4-5,8-10,12-14H2,(H,35,38)/b28-21-,34-27?/t17-,18?,20+,25+/m0/s1. The number of aliphatic hydroxyl groups is 1. The van der Waals surface area contributed by atoms with E-state index in [9.17, 15) is 23.1 Å². The average Bonchev–Trinajstić information content (AvgIpc) is 3.34. The molecule has 2 aliphatic carbocycles. The van der Waals surface area contributed by atoms with Crippen LogP contribution in [0.3, 0.4) is 0 Å². The van der Waals surface area contributed by atoms with Crippen molar-refractivity contribution in [3.05, 3.63) is 74.7 Å². The maximum Gasteiger partial charge on any atom is 0.267 e. The number of hydrogen-bond donors (Lipinski definition) is 3. The van der Waals surface area contributed by atoms with Gasteiger partial charge >= 0.3 is 0 Å². The lowest BCUT2D eigenvalue weighted by atomic mass is 9.99. The Bertz CT molecular complexity index is 1650. The minimum absolute atomic E-state index is 0.0358. The summed E-state index contributed by atoms with van der Waals surface area (Å²) in [6.07, 6.45) is 2.26. The number of rotatable bonds is 10. The van der Waals surface area contributed by atoms with Crippen molar-refractivity contribution in [2.24, 2.45) is 11.8 Å². The molecule has 2 amide bonds. The van der Waals surface area contributed by atoms with E-state index in [-0.39, 0.29) is 76.9 Å². The molecular weight excluding hydrogens is 636 g/mol. The Labute approximate surface area is 263 Å². The van der Waals surface area contributed by atoms with Crippen LogP contribution in [0.25, 0.3) is 0 Å². The third-order valence-electron chi connectivity index (χ3n) is 8.67. The van der Waals surface area contributed by atoms with Crippen LogP contribution in [0, 0.1) is 23.1 Å². The molecule has 2 aliphatic heterocycles. The van der Waals surface area contributed by atoms with Crippen LogP contribution in [0.5, 0.6) is 0 Å².